The maximum atomic E-state index is 13.1. The van der Waals surface area contributed by atoms with Crippen LogP contribution in [-0.4, -0.2) is 51.0 Å². The van der Waals surface area contributed by atoms with Gasteiger partial charge in [-0.05, 0) is 39.0 Å². The van der Waals surface area contributed by atoms with Crippen molar-refractivity contribution in [3.05, 3.63) is 18.0 Å². The Morgan fingerprint density at radius 1 is 1.22 bits per heavy atom. The molecule has 0 spiro atoms. The normalized spacial score (nSPS) is 21.5. The zero-order valence-corrected chi connectivity index (χ0v) is 16.9. The van der Waals surface area contributed by atoms with Crippen LogP contribution in [0.1, 0.15) is 64.4 Å². The van der Waals surface area contributed by atoms with Crippen molar-refractivity contribution in [1.29, 1.82) is 0 Å². The van der Waals surface area contributed by atoms with Crippen LogP contribution in [0.25, 0.3) is 0 Å². The minimum absolute atomic E-state index is 0.0625. The summed E-state index contributed by atoms with van der Waals surface area (Å²) in [5, 5.41) is 4.31. The SMILES string of the molecule is CCN(Cc1cnn(CC)c1)C(=O)[C@@H]1CCC(=O)N(CC2CCCCC2)C1. The number of carbonyl (C=O) groups is 2. The Kier molecular flexibility index (Phi) is 6.91. The number of hydrogen-bond donors (Lipinski definition) is 0. The Morgan fingerprint density at radius 3 is 2.67 bits per heavy atom. The molecule has 2 aliphatic rings. The fourth-order valence-corrected chi connectivity index (χ4v) is 4.46. The molecule has 3 rings (SSSR count). The molecule has 2 amide bonds. The molecule has 1 aliphatic heterocycles. The Bertz CT molecular complexity index is 636. The molecule has 1 aromatic heterocycles. The van der Waals surface area contributed by atoms with Gasteiger partial charge in [0.2, 0.25) is 11.8 Å². The molecule has 0 aromatic carbocycles. The number of amides is 2. The zero-order valence-electron chi connectivity index (χ0n) is 16.9. The molecule has 27 heavy (non-hydrogen) atoms. The number of aromatic nitrogens is 2. The quantitative estimate of drug-likeness (QED) is 0.737. The Balaban J connectivity index is 1.59. The Labute approximate surface area is 162 Å². The molecule has 6 heteroatoms. The van der Waals surface area contributed by atoms with Gasteiger partial charge in [-0.1, -0.05) is 19.3 Å². The smallest absolute Gasteiger partial charge is 0.227 e. The van der Waals surface area contributed by atoms with Gasteiger partial charge in [0.15, 0.2) is 0 Å². The number of carbonyl (C=O) groups excluding carboxylic acids is 2. The molecule has 6 nitrogen and oxygen atoms in total. The molecule has 1 aromatic rings. The van der Waals surface area contributed by atoms with E-state index in [2.05, 4.69) is 12.0 Å². The number of hydrogen-bond acceptors (Lipinski definition) is 3. The third kappa shape index (κ3) is 5.11. The summed E-state index contributed by atoms with van der Waals surface area (Å²) in [4.78, 5) is 29.4. The van der Waals surface area contributed by atoms with E-state index in [0.717, 1.165) is 18.7 Å². The third-order valence-corrected chi connectivity index (χ3v) is 6.13. The van der Waals surface area contributed by atoms with Crippen LogP contribution >= 0.6 is 0 Å². The van der Waals surface area contributed by atoms with E-state index in [1.165, 1.54) is 32.1 Å². The van der Waals surface area contributed by atoms with Crippen LogP contribution in [0.15, 0.2) is 12.4 Å². The van der Waals surface area contributed by atoms with Crippen LogP contribution in [0.3, 0.4) is 0 Å². The van der Waals surface area contributed by atoms with Crippen molar-refractivity contribution in [3.8, 4) is 0 Å². The highest BCUT2D eigenvalue weighted by Gasteiger charge is 2.33. The average Bonchev–Trinajstić information content (AvgIpc) is 3.16. The van der Waals surface area contributed by atoms with Gasteiger partial charge >= 0.3 is 0 Å². The van der Waals surface area contributed by atoms with E-state index >= 15 is 0 Å². The van der Waals surface area contributed by atoms with Crippen LogP contribution < -0.4 is 0 Å². The molecular weight excluding hydrogens is 340 g/mol. The third-order valence-electron chi connectivity index (χ3n) is 6.13. The number of piperidine rings is 1. The largest absolute Gasteiger partial charge is 0.342 e. The molecule has 150 valence electrons. The van der Waals surface area contributed by atoms with Crippen LogP contribution in [-0.2, 0) is 22.7 Å². The highest BCUT2D eigenvalue weighted by molar-refractivity contribution is 5.83. The van der Waals surface area contributed by atoms with Crippen molar-refractivity contribution in [3.63, 3.8) is 0 Å². The summed E-state index contributed by atoms with van der Waals surface area (Å²) in [5.41, 5.74) is 1.07. The fraction of sp³-hybridized carbons (Fsp3) is 0.762. The second kappa shape index (κ2) is 9.38. The molecule has 1 aliphatic carbocycles. The van der Waals surface area contributed by atoms with Gasteiger partial charge in [0, 0.05) is 50.9 Å². The highest BCUT2D eigenvalue weighted by Crippen LogP contribution is 2.27. The van der Waals surface area contributed by atoms with E-state index in [4.69, 9.17) is 0 Å². The van der Waals surface area contributed by atoms with E-state index in [1.807, 2.05) is 33.8 Å². The second-order valence-corrected chi connectivity index (χ2v) is 8.10. The van der Waals surface area contributed by atoms with Gasteiger partial charge in [0.1, 0.15) is 0 Å². The summed E-state index contributed by atoms with van der Waals surface area (Å²) < 4.78 is 1.89. The van der Waals surface area contributed by atoms with Crippen LogP contribution in [0.4, 0.5) is 0 Å². The predicted molar refractivity (Wildman–Crippen MR) is 105 cm³/mol. The van der Waals surface area contributed by atoms with Crippen molar-refractivity contribution in [2.24, 2.45) is 11.8 Å². The van der Waals surface area contributed by atoms with Crippen LogP contribution in [0.2, 0.25) is 0 Å². The second-order valence-electron chi connectivity index (χ2n) is 8.10. The molecule has 0 bridgehead atoms. The molecule has 0 radical (unpaired) electrons. The van der Waals surface area contributed by atoms with Crippen molar-refractivity contribution in [2.75, 3.05) is 19.6 Å². The number of nitrogens with zero attached hydrogens (tertiary/aromatic N) is 4. The lowest BCUT2D eigenvalue weighted by atomic mass is 9.87. The zero-order chi connectivity index (χ0) is 19.2. The van der Waals surface area contributed by atoms with Gasteiger partial charge < -0.3 is 9.80 Å². The van der Waals surface area contributed by atoms with Crippen LogP contribution in [0, 0.1) is 11.8 Å². The van der Waals surface area contributed by atoms with Gasteiger partial charge in [-0.25, -0.2) is 0 Å². The van der Waals surface area contributed by atoms with Gasteiger partial charge in [-0.2, -0.15) is 5.10 Å². The molecular formula is C21H34N4O2. The lowest BCUT2D eigenvalue weighted by Crippen LogP contribution is -2.48. The minimum atomic E-state index is -0.0625. The molecule has 2 heterocycles. The number of aryl methyl sites for hydroxylation is 1. The van der Waals surface area contributed by atoms with E-state index in [0.29, 0.717) is 38.4 Å². The molecule has 1 saturated heterocycles. The Hall–Kier alpha value is -1.85. The van der Waals surface area contributed by atoms with E-state index in [-0.39, 0.29) is 17.7 Å². The maximum absolute atomic E-state index is 13.1. The lowest BCUT2D eigenvalue weighted by Gasteiger charge is -2.37. The van der Waals surface area contributed by atoms with Crippen molar-refractivity contribution < 1.29 is 9.59 Å². The summed E-state index contributed by atoms with van der Waals surface area (Å²) in [7, 11) is 0. The number of likely N-dealkylation sites (tertiary alicyclic amines) is 1. The van der Waals surface area contributed by atoms with Gasteiger partial charge in [-0.3, -0.25) is 14.3 Å². The first-order chi connectivity index (χ1) is 13.1. The van der Waals surface area contributed by atoms with Gasteiger partial charge in [0.25, 0.3) is 0 Å². The fourth-order valence-electron chi connectivity index (χ4n) is 4.46. The first-order valence-electron chi connectivity index (χ1n) is 10.7. The standard InChI is InChI=1S/C21H34N4O2/c1-3-23(14-18-12-22-25(4-2)15-18)21(27)19-10-11-20(26)24(16-19)13-17-8-6-5-7-9-17/h12,15,17,19H,3-11,13-14,16H2,1-2H3/t19-/m1/s1. The van der Waals surface area contributed by atoms with Crippen molar-refractivity contribution in [2.45, 2.75) is 71.9 Å². The van der Waals surface area contributed by atoms with Crippen molar-refractivity contribution in [1.82, 2.24) is 19.6 Å². The van der Waals surface area contributed by atoms with Gasteiger partial charge in [0.05, 0.1) is 12.1 Å². The Morgan fingerprint density at radius 2 is 2.00 bits per heavy atom. The summed E-state index contributed by atoms with van der Waals surface area (Å²) in [6.07, 6.45) is 11.4. The van der Waals surface area contributed by atoms with E-state index in [9.17, 15) is 9.59 Å². The first kappa shape index (κ1) is 19.9. The summed E-state index contributed by atoms with van der Waals surface area (Å²) in [5.74, 6) is 0.978. The summed E-state index contributed by atoms with van der Waals surface area (Å²) in [6, 6.07) is 0. The molecule has 1 saturated carbocycles. The minimum Gasteiger partial charge on any atom is -0.342 e. The monoisotopic (exact) mass is 374 g/mol. The van der Waals surface area contributed by atoms with Crippen molar-refractivity contribution >= 4 is 11.8 Å². The topological polar surface area (TPSA) is 58.4 Å². The molecule has 0 unspecified atom stereocenters. The predicted octanol–water partition coefficient (Wildman–Crippen LogP) is 3.07. The van der Waals surface area contributed by atoms with Gasteiger partial charge in [-0.15, -0.1) is 0 Å². The summed E-state index contributed by atoms with van der Waals surface area (Å²) in [6.45, 7) is 7.64. The van der Waals surface area contributed by atoms with Crippen LogP contribution in [0.5, 0.6) is 0 Å². The molecule has 0 N–H and O–H groups in total. The summed E-state index contributed by atoms with van der Waals surface area (Å²) >= 11 is 0. The molecule has 1 atom stereocenters. The highest BCUT2D eigenvalue weighted by atomic mass is 16.2. The molecule has 2 fully saturated rings. The maximum Gasteiger partial charge on any atom is 0.227 e. The number of rotatable bonds is 7. The first-order valence-corrected chi connectivity index (χ1v) is 10.7. The average molecular weight is 375 g/mol. The van der Waals surface area contributed by atoms with E-state index in [1.54, 1.807) is 0 Å². The lowest BCUT2D eigenvalue weighted by molar-refractivity contribution is -0.144. The van der Waals surface area contributed by atoms with E-state index < -0.39 is 0 Å².